The summed E-state index contributed by atoms with van der Waals surface area (Å²) >= 11 is 0. The summed E-state index contributed by atoms with van der Waals surface area (Å²) in [5.74, 6) is -1.08. The number of carbonyl (C=O) groups excluding carboxylic acids is 3. The molecule has 1 unspecified atom stereocenters. The first-order valence-electron chi connectivity index (χ1n) is 7.29. The molecular formula is C14H25N3O4. The van der Waals surface area contributed by atoms with Crippen LogP contribution in [0.4, 0.5) is 0 Å². The van der Waals surface area contributed by atoms with Crippen molar-refractivity contribution < 1.29 is 19.1 Å². The Kier molecular flexibility index (Phi) is 7.14. The number of esters is 1. The van der Waals surface area contributed by atoms with Crippen LogP contribution in [0.5, 0.6) is 0 Å². The summed E-state index contributed by atoms with van der Waals surface area (Å²) in [5.41, 5.74) is 0. The van der Waals surface area contributed by atoms with Gasteiger partial charge >= 0.3 is 5.97 Å². The molecular weight excluding hydrogens is 274 g/mol. The van der Waals surface area contributed by atoms with Crippen LogP contribution in [0, 0.1) is 5.92 Å². The fourth-order valence-corrected chi connectivity index (χ4v) is 2.26. The van der Waals surface area contributed by atoms with E-state index < -0.39 is 5.97 Å². The topological polar surface area (TPSA) is 78.9 Å². The largest absolute Gasteiger partial charge is 0.465 e. The molecule has 0 aromatic rings. The summed E-state index contributed by atoms with van der Waals surface area (Å²) in [5, 5.41) is 2.52. The Morgan fingerprint density at radius 3 is 2.76 bits per heavy atom. The van der Waals surface area contributed by atoms with Gasteiger partial charge in [-0.15, -0.1) is 0 Å². The number of nitrogens with one attached hydrogen (secondary N) is 1. The number of amides is 2. The van der Waals surface area contributed by atoms with Gasteiger partial charge in [0.25, 0.3) is 0 Å². The van der Waals surface area contributed by atoms with Crippen LogP contribution in [-0.2, 0) is 19.1 Å². The zero-order valence-corrected chi connectivity index (χ0v) is 13.1. The predicted molar refractivity (Wildman–Crippen MR) is 77.5 cm³/mol. The molecule has 2 amide bonds. The minimum absolute atomic E-state index is 0.00467. The van der Waals surface area contributed by atoms with Crippen molar-refractivity contribution in [3.05, 3.63) is 0 Å². The van der Waals surface area contributed by atoms with E-state index in [4.69, 9.17) is 4.74 Å². The Hall–Kier alpha value is -1.63. The van der Waals surface area contributed by atoms with Crippen LogP contribution in [0.1, 0.15) is 19.8 Å². The average molecular weight is 299 g/mol. The first-order valence-corrected chi connectivity index (χ1v) is 7.29. The number of hydrogen-bond acceptors (Lipinski definition) is 5. The maximum absolute atomic E-state index is 11.9. The number of ether oxygens (including phenoxy) is 1. The normalized spacial score (nSPS) is 18.2. The van der Waals surface area contributed by atoms with E-state index in [2.05, 4.69) is 10.2 Å². The molecule has 0 aliphatic carbocycles. The molecule has 1 aliphatic heterocycles. The Labute approximate surface area is 125 Å². The SMILES string of the molecule is CCOC(=O)CNC(=O)C1CC(=O)N(CCCN(C)C)C1. The third-order valence-electron chi connectivity index (χ3n) is 3.33. The minimum atomic E-state index is -0.460. The highest BCUT2D eigenvalue weighted by molar-refractivity contribution is 5.90. The molecule has 7 heteroatoms. The smallest absolute Gasteiger partial charge is 0.325 e. The third kappa shape index (κ3) is 6.12. The van der Waals surface area contributed by atoms with Gasteiger partial charge in [-0.05, 0) is 34.0 Å². The number of nitrogens with zero attached hydrogens (tertiary/aromatic N) is 2. The van der Waals surface area contributed by atoms with Crippen molar-refractivity contribution in [2.75, 3.05) is 46.9 Å². The van der Waals surface area contributed by atoms with Gasteiger partial charge in [-0.1, -0.05) is 0 Å². The zero-order valence-electron chi connectivity index (χ0n) is 13.1. The molecule has 1 saturated heterocycles. The standard InChI is InChI=1S/C14H25N3O4/c1-4-21-13(19)9-15-14(20)11-8-12(18)17(10-11)7-5-6-16(2)3/h11H,4-10H2,1-3H3,(H,15,20). The van der Waals surface area contributed by atoms with E-state index in [0.717, 1.165) is 13.0 Å². The summed E-state index contributed by atoms with van der Waals surface area (Å²) in [6, 6.07) is 0. The Morgan fingerprint density at radius 1 is 1.43 bits per heavy atom. The van der Waals surface area contributed by atoms with Crippen LogP contribution in [0.3, 0.4) is 0 Å². The Morgan fingerprint density at radius 2 is 2.14 bits per heavy atom. The maximum Gasteiger partial charge on any atom is 0.325 e. The molecule has 0 bridgehead atoms. The molecule has 1 N–H and O–H groups in total. The molecule has 120 valence electrons. The van der Waals surface area contributed by atoms with Crippen molar-refractivity contribution in [3.8, 4) is 0 Å². The average Bonchev–Trinajstić information content (AvgIpc) is 2.78. The first-order chi connectivity index (χ1) is 9.93. The summed E-state index contributed by atoms with van der Waals surface area (Å²) in [4.78, 5) is 38.7. The summed E-state index contributed by atoms with van der Waals surface area (Å²) in [6.07, 6.45) is 1.10. The zero-order chi connectivity index (χ0) is 15.8. The summed E-state index contributed by atoms with van der Waals surface area (Å²) in [6.45, 7) is 3.86. The van der Waals surface area contributed by atoms with Crippen LogP contribution in [-0.4, -0.2) is 74.5 Å². The van der Waals surface area contributed by atoms with Gasteiger partial charge in [0.05, 0.1) is 12.5 Å². The molecule has 1 fully saturated rings. The van der Waals surface area contributed by atoms with E-state index in [1.807, 2.05) is 14.1 Å². The fraction of sp³-hybridized carbons (Fsp3) is 0.786. The van der Waals surface area contributed by atoms with E-state index in [-0.39, 0.29) is 37.3 Å². The van der Waals surface area contributed by atoms with Gasteiger partial charge in [0.1, 0.15) is 6.54 Å². The van der Waals surface area contributed by atoms with Gasteiger partial charge in [-0.25, -0.2) is 0 Å². The Balaban J connectivity index is 2.32. The van der Waals surface area contributed by atoms with E-state index in [9.17, 15) is 14.4 Å². The summed E-state index contributed by atoms with van der Waals surface area (Å²) in [7, 11) is 3.97. The minimum Gasteiger partial charge on any atom is -0.465 e. The van der Waals surface area contributed by atoms with E-state index in [0.29, 0.717) is 13.1 Å². The predicted octanol–water partition coefficient (Wildman–Crippen LogP) is -0.534. The van der Waals surface area contributed by atoms with Gasteiger partial charge in [-0.2, -0.15) is 0 Å². The first kappa shape index (κ1) is 17.4. The molecule has 1 aliphatic rings. The van der Waals surface area contributed by atoms with E-state index in [1.54, 1.807) is 11.8 Å². The molecule has 1 heterocycles. The second kappa shape index (κ2) is 8.61. The van der Waals surface area contributed by atoms with Crippen LogP contribution >= 0.6 is 0 Å². The lowest BCUT2D eigenvalue weighted by atomic mass is 10.1. The van der Waals surface area contributed by atoms with Gasteiger partial charge in [-0.3, -0.25) is 14.4 Å². The van der Waals surface area contributed by atoms with Crippen molar-refractivity contribution in [3.63, 3.8) is 0 Å². The van der Waals surface area contributed by atoms with Crippen LogP contribution < -0.4 is 5.32 Å². The van der Waals surface area contributed by atoms with Crippen molar-refractivity contribution in [1.82, 2.24) is 15.1 Å². The van der Waals surface area contributed by atoms with Crippen LogP contribution in [0.2, 0.25) is 0 Å². The second-order valence-corrected chi connectivity index (χ2v) is 5.42. The quantitative estimate of drug-likeness (QED) is 0.609. The molecule has 0 aromatic carbocycles. The van der Waals surface area contributed by atoms with Crippen LogP contribution in [0.15, 0.2) is 0 Å². The molecule has 21 heavy (non-hydrogen) atoms. The van der Waals surface area contributed by atoms with Crippen molar-refractivity contribution in [1.29, 1.82) is 0 Å². The number of rotatable bonds is 8. The molecule has 7 nitrogen and oxygen atoms in total. The monoisotopic (exact) mass is 299 g/mol. The molecule has 0 radical (unpaired) electrons. The van der Waals surface area contributed by atoms with Gasteiger partial charge < -0.3 is 19.9 Å². The molecule has 1 rings (SSSR count). The maximum atomic E-state index is 11.9. The van der Waals surface area contributed by atoms with Gasteiger partial charge in [0.2, 0.25) is 11.8 Å². The highest BCUT2D eigenvalue weighted by Crippen LogP contribution is 2.18. The van der Waals surface area contributed by atoms with Crippen molar-refractivity contribution >= 4 is 17.8 Å². The lowest BCUT2D eigenvalue weighted by Crippen LogP contribution is -2.37. The molecule has 0 aromatic heterocycles. The second-order valence-electron chi connectivity index (χ2n) is 5.42. The Bertz CT molecular complexity index is 384. The van der Waals surface area contributed by atoms with Crippen LogP contribution in [0.25, 0.3) is 0 Å². The third-order valence-corrected chi connectivity index (χ3v) is 3.33. The highest BCUT2D eigenvalue weighted by Gasteiger charge is 2.33. The summed E-state index contributed by atoms with van der Waals surface area (Å²) < 4.78 is 4.74. The highest BCUT2D eigenvalue weighted by atomic mass is 16.5. The lowest BCUT2D eigenvalue weighted by Gasteiger charge is -2.18. The van der Waals surface area contributed by atoms with Crippen molar-refractivity contribution in [2.45, 2.75) is 19.8 Å². The number of hydrogen-bond donors (Lipinski definition) is 1. The van der Waals surface area contributed by atoms with Gasteiger partial charge in [0, 0.05) is 19.5 Å². The van der Waals surface area contributed by atoms with E-state index >= 15 is 0 Å². The van der Waals surface area contributed by atoms with E-state index in [1.165, 1.54) is 0 Å². The number of likely N-dealkylation sites (tertiary alicyclic amines) is 1. The fourth-order valence-electron chi connectivity index (χ4n) is 2.26. The molecule has 0 spiro atoms. The van der Waals surface area contributed by atoms with Gasteiger partial charge in [0.15, 0.2) is 0 Å². The molecule has 1 atom stereocenters. The number of carbonyl (C=O) groups is 3. The lowest BCUT2D eigenvalue weighted by molar-refractivity contribution is -0.143. The van der Waals surface area contributed by atoms with Crippen molar-refractivity contribution in [2.24, 2.45) is 5.92 Å². The molecule has 0 saturated carbocycles.